The Kier molecular flexibility index (Phi) is 5.53. The molecule has 2 aromatic rings. The third-order valence-electron chi connectivity index (χ3n) is 4.82. The van der Waals surface area contributed by atoms with E-state index in [4.69, 9.17) is 5.11 Å². The van der Waals surface area contributed by atoms with Gasteiger partial charge < -0.3 is 10.0 Å². The summed E-state index contributed by atoms with van der Waals surface area (Å²) < 4.78 is 27.5. The van der Waals surface area contributed by atoms with Crippen molar-refractivity contribution in [1.29, 1.82) is 0 Å². The molecular formula is C20H24N2O4S. The van der Waals surface area contributed by atoms with E-state index < -0.39 is 16.0 Å². The maximum absolute atomic E-state index is 13.0. The molecular weight excluding hydrogens is 364 g/mol. The van der Waals surface area contributed by atoms with E-state index in [1.54, 1.807) is 12.1 Å². The molecule has 7 heteroatoms. The molecule has 144 valence electrons. The van der Waals surface area contributed by atoms with Crippen LogP contribution >= 0.6 is 0 Å². The van der Waals surface area contributed by atoms with Crippen LogP contribution in [0, 0.1) is 6.92 Å². The molecule has 1 N–H and O–H groups in total. The first-order valence-electron chi connectivity index (χ1n) is 8.91. The molecule has 0 spiro atoms. The second-order valence-corrected chi connectivity index (χ2v) is 8.90. The minimum atomic E-state index is -3.65. The summed E-state index contributed by atoms with van der Waals surface area (Å²) in [7, 11) is -3.65. The number of carbonyl (C=O) groups is 1. The van der Waals surface area contributed by atoms with Gasteiger partial charge in [-0.15, -0.1) is 0 Å². The largest absolute Gasteiger partial charge is 0.481 e. The lowest BCUT2D eigenvalue weighted by molar-refractivity contribution is -0.136. The number of hydrogen-bond acceptors (Lipinski definition) is 4. The van der Waals surface area contributed by atoms with Crippen LogP contribution in [-0.4, -0.2) is 49.5 Å². The van der Waals surface area contributed by atoms with E-state index in [1.165, 1.54) is 22.0 Å². The Morgan fingerprint density at radius 1 is 1.15 bits per heavy atom. The van der Waals surface area contributed by atoms with Crippen LogP contribution in [0.5, 0.6) is 0 Å². The Hall–Kier alpha value is -2.38. The van der Waals surface area contributed by atoms with E-state index in [2.05, 4.69) is 11.0 Å². The highest BCUT2D eigenvalue weighted by molar-refractivity contribution is 7.89. The maximum atomic E-state index is 13.0. The second kappa shape index (κ2) is 7.70. The summed E-state index contributed by atoms with van der Waals surface area (Å²) >= 11 is 0. The first kappa shape index (κ1) is 19.4. The molecule has 0 aromatic heterocycles. The maximum Gasteiger partial charge on any atom is 0.307 e. The van der Waals surface area contributed by atoms with Crippen molar-refractivity contribution in [3.8, 4) is 0 Å². The molecule has 0 radical (unpaired) electrons. The zero-order valence-corrected chi connectivity index (χ0v) is 16.3. The van der Waals surface area contributed by atoms with Crippen LogP contribution < -0.4 is 4.90 Å². The van der Waals surface area contributed by atoms with E-state index in [-0.39, 0.29) is 17.4 Å². The monoisotopic (exact) mass is 388 g/mol. The average molecular weight is 388 g/mol. The van der Waals surface area contributed by atoms with E-state index in [0.717, 1.165) is 5.69 Å². The Morgan fingerprint density at radius 2 is 1.89 bits per heavy atom. The summed E-state index contributed by atoms with van der Waals surface area (Å²) in [5.41, 5.74) is 2.75. The normalized spacial score (nSPS) is 18.4. The molecule has 1 atom stereocenters. The third kappa shape index (κ3) is 4.31. The van der Waals surface area contributed by atoms with Crippen molar-refractivity contribution >= 4 is 21.7 Å². The predicted octanol–water partition coefficient (Wildman–Crippen LogP) is 2.52. The average Bonchev–Trinajstić information content (AvgIpc) is 2.61. The van der Waals surface area contributed by atoms with Crippen molar-refractivity contribution in [2.75, 3.05) is 24.5 Å². The first-order valence-corrected chi connectivity index (χ1v) is 10.4. The fourth-order valence-electron chi connectivity index (χ4n) is 3.47. The van der Waals surface area contributed by atoms with Gasteiger partial charge in [0.15, 0.2) is 0 Å². The van der Waals surface area contributed by atoms with Gasteiger partial charge in [-0.3, -0.25) is 4.79 Å². The van der Waals surface area contributed by atoms with Crippen LogP contribution in [0.3, 0.4) is 0 Å². The fourth-order valence-corrected chi connectivity index (χ4v) is 5.06. The summed E-state index contributed by atoms with van der Waals surface area (Å²) in [5, 5.41) is 8.94. The summed E-state index contributed by atoms with van der Waals surface area (Å²) in [6.07, 6.45) is -0.194. The van der Waals surface area contributed by atoms with Gasteiger partial charge in [0, 0.05) is 31.4 Å². The topological polar surface area (TPSA) is 77.9 Å². The first-order chi connectivity index (χ1) is 12.8. The number of sulfonamides is 1. The van der Waals surface area contributed by atoms with Crippen molar-refractivity contribution in [3.63, 3.8) is 0 Å². The zero-order valence-electron chi connectivity index (χ0n) is 15.5. The molecule has 1 fully saturated rings. The van der Waals surface area contributed by atoms with E-state index in [1.807, 2.05) is 32.0 Å². The van der Waals surface area contributed by atoms with E-state index in [9.17, 15) is 13.2 Å². The standard InChI is InChI=1S/C20H24N2O4S/c1-15-5-3-7-18(11-15)22-10-9-21(14-16(22)2)27(25,26)19-8-4-6-17(12-19)13-20(23)24/h3-8,11-12,16H,9-10,13-14H2,1-2H3,(H,23,24). The molecule has 3 rings (SSSR count). The number of benzene rings is 2. The van der Waals surface area contributed by atoms with Gasteiger partial charge >= 0.3 is 5.97 Å². The summed E-state index contributed by atoms with van der Waals surface area (Å²) in [4.78, 5) is 13.3. The molecule has 1 heterocycles. The predicted molar refractivity (Wildman–Crippen MR) is 105 cm³/mol. The van der Waals surface area contributed by atoms with E-state index in [0.29, 0.717) is 25.2 Å². The molecule has 0 bridgehead atoms. The van der Waals surface area contributed by atoms with Crippen LogP contribution in [0.25, 0.3) is 0 Å². The number of rotatable bonds is 5. The van der Waals surface area contributed by atoms with Gasteiger partial charge in [-0.1, -0.05) is 24.3 Å². The number of aryl methyl sites for hydroxylation is 1. The molecule has 0 amide bonds. The lowest BCUT2D eigenvalue weighted by Crippen LogP contribution is -2.53. The zero-order chi connectivity index (χ0) is 19.6. The Labute approximate surface area is 160 Å². The molecule has 2 aromatic carbocycles. The quantitative estimate of drug-likeness (QED) is 0.852. The SMILES string of the molecule is Cc1cccc(N2CCN(S(=O)(=O)c3cccc(CC(=O)O)c3)CC2C)c1. The summed E-state index contributed by atoms with van der Waals surface area (Å²) in [6, 6.07) is 14.5. The van der Waals surface area contributed by atoms with Crippen LogP contribution in [0.1, 0.15) is 18.1 Å². The number of hydrogen-bond donors (Lipinski definition) is 1. The molecule has 1 aliphatic rings. The van der Waals surface area contributed by atoms with E-state index >= 15 is 0 Å². The minimum absolute atomic E-state index is 0.0394. The third-order valence-corrected chi connectivity index (χ3v) is 6.68. The molecule has 27 heavy (non-hydrogen) atoms. The highest BCUT2D eigenvalue weighted by atomic mass is 32.2. The molecule has 1 saturated heterocycles. The number of anilines is 1. The smallest absolute Gasteiger partial charge is 0.307 e. The van der Waals surface area contributed by atoms with Gasteiger partial charge in [-0.2, -0.15) is 4.31 Å². The van der Waals surface area contributed by atoms with Crippen molar-refractivity contribution in [2.45, 2.75) is 31.2 Å². The summed E-state index contributed by atoms with van der Waals surface area (Å²) in [6.45, 7) is 5.45. The lowest BCUT2D eigenvalue weighted by atomic mass is 10.1. The molecule has 6 nitrogen and oxygen atoms in total. The van der Waals surface area contributed by atoms with Gasteiger partial charge in [0.05, 0.1) is 11.3 Å². The van der Waals surface area contributed by atoms with Gasteiger partial charge in [-0.25, -0.2) is 8.42 Å². The van der Waals surface area contributed by atoms with Gasteiger partial charge in [0.1, 0.15) is 0 Å². The Bertz CT molecular complexity index is 943. The number of piperazine rings is 1. The van der Waals surface area contributed by atoms with Crippen molar-refractivity contribution in [1.82, 2.24) is 4.31 Å². The van der Waals surface area contributed by atoms with Crippen molar-refractivity contribution in [3.05, 3.63) is 59.7 Å². The molecule has 1 aliphatic heterocycles. The van der Waals surface area contributed by atoms with Crippen LogP contribution in [-0.2, 0) is 21.2 Å². The molecule has 0 saturated carbocycles. The highest BCUT2D eigenvalue weighted by Crippen LogP contribution is 2.25. The van der Waals surface area contributed by atoms with Crippen LogP contribution in [0.2, 0.25) is 0 Å². The van der Waals surface area contributed by atoms with Crippen LogP contribution in [0.4, 0.5) is 5.69 Å². The van der Waals surface area contributed by atoms with Gasteiger partial charge in [-0.05, 0) is 49.2 Å². The molecule has 0 aliphatic carbocycles. The van der Waals surface area contributed by atoms with Crippen molar-refractivity contribution < 1.29 is 18.3 Å². The number of carboxylic acid groups (broad SMARTS) is 1. The lowest BCUT2D eigenvalue weighted by Gasteiger charge is -2.40. The second-order valence-electron chi connectivity index (χ2n) is 6.96. The minimum Gasteiger partial charge on any atom is -0.481 e. The Morgan fingerprint density at radius 3 is 2.56 bits per heavy atom. The summed E-state index contributed by atoms with van der Waals surface area (Å²) in [5.74, 6) is -0.982. The Balaban J connectivity index is 1.78. The molecule has 1 unspecified atom stereocenters. The van der Waals surface area contributed by atoms with Gasteiger partial charge in [0.2, 0.25) is 10.0 Å². The van der Waals surface area contributed by atoms with Crippen LogP contribution in [0.15, 0.2) is 53.4 Å². The number of carboxylic acids is 1. The fraction of sp³-hybridized carbons (Fsp3) is 0.350. The van der Waals surface area contributed by atoms with Crippen molar-refractivity contribution in [2.24, 2.45) is 0 Å². The number of nitrogens with zero attached hydrogens (tertiary/aromatic N) is 2. The highest BCUT2D eigenvalue weighted by Gasteiger charge is 2.32. The number of aliphatic carboxylic acids is 1. The van der Waals surface area contributed by atoms with Gasteiger partial charge in [0.25, 0.3) is 0 Å².